The summed E-state index contributed by atoms with van der Waals surface area (Å²) >= 11 is 1.50. The Balaban J connectivity index is 2.01. The molecule has 5 nitrogen and oxygen atoms in total. The van der Waals surface area contributed by atoms with E-state index in [2.05, 4.69) is 5.32 Å². The zero-order valence-corrected chi connectivity index (χ0v) is 13.6. The zero-order chi connectivity index (χ0) is 14.6. The van der Waals surface area contributed by atoms with Gasteiger partial charge < -0.3 is 10.1 Å². The Morgan fingerprint density at radius 2 is 2.25 bits per heavy atom. The molecule has 0 atom stereocenters. The Kier molecular flexibility index (Phi) is 5.57. The van der Waals surface area contributed by atoms with E-state index in [0.29, 0.717) is 37.1 Å². The van der Waals surface area contributed by atoms with Crippen LogP contribution in [0.5, 0.6) is 0 Å². The highest BCUT2D eigenvalue weighted by atomic mass is 32.2. The van der Waals surface area contributed by atoms with Crippen molar-refractivity contribution in [1.29, 1.82) is 0 Å². The molecule has 2 rings (SSSR count). The lowest BCUT2D eigenvalue weighted by Gasteiger charge is -2.17. The zero-order valence-electron chi connectivity index (χ0n) is 12.0. The molecule has 0 saturated heterocycles. The van der Waals surface area contributed by atoms with Crippen molar-refractivity contribution < 1.29 is 13.2 Å². The number of thiophene rings is 1. The average Bonchev–Trinajstić information content (AvgIpc) is 3.12. The summed E-state index contributed by atoms with van der Waals surface area (Å²) < 4.78 is 31.4. The lowest BCUT2D eigenvalue weighted by molar-refractivity contribution is 0.189. The summed E-state index contributed by atoms with van der Waals surface area (Å²) in [5, 5.41) is 5.22. The fourth-order valence-corrected chi connectivity index (χ4v) is 4.50. The summed E-state index contributed by atoms with van der Waals surface area (Å²) in [6, 6.07) is 2.28. The van der Waals surface area contributed by atoms with Crippen LogP contribution in [-0.2, 0) is 21.3 Å². The third kappa shape index (κ3) is 4.02. The maximum atomic E-state index is 12.5. The number of methoxy groups -OCH3 is 1. The number of nitrogens with one attached hydrogen (secondary N) is 1. The van der Waals surface area contributed by atoms with E-state index in [1.807, 2.05) is 5.38 Å². The van der Waals surface area contributed by atoms with Crippen molar-refractivity contribution in [3.63, 3.8) is 0 Å². The molecule has 7 heteroatoms. The fourth-order valence-electron chi connectivity index (χ4n) is 1.93. The van der Waals surface area contributed by atoms with Gasteiger partial charge in [-0.1, -0.05) is 0 Å². The highest BCUT2D eigenvalue weighted by Gasteiger charge is 2.26. The number of hydrogen-bond acceptors (Lipinski definition) is 5. The van der Waals surface area contributed by atoms with E-state index in [4.69, 9.17) is 4.74 Å². The SMILES string of the molecule is COCCCN(C)S(=O)(=O)c1ccsc1CNC1CC1. The van der Waals surface area contributed by atoms with Crippen LogP contribution in [-0.4, -0.2) is 46.1 Å². The van der Waals surface area contributed by atoms with Crippen LogP contribution in [0.25, 0.3) is 0 Å². The van der Waals surface area contributed by atoms with Gasteiger partial charge in [0.25, 0.3) is 0 Å². The van der Waals surface area contributed by atoms with Crippen LogP contribution in [0, 0.1) is 0 Å². The summed E-state index contributed by atoms with van der Waals surface area (Å²) in [6.45, 7) is 1.68. The second-order valence-electron chi connectivity index (χ2n) is 5.04. The minimum atomic E-state index is -3.39. The Morgan fingerprint density at radius 3 is 2.90 bits per heavy atom. The second-order valence-corrected chi connectivity index (χ2v) is 8.05. The van der Waals surface area contributed by atoms with E-state index in [1.165, 1.54) is 28.5 Å². The van der Waals surface area contributed by atoms with Gasteiger partial charge in [0.1, 0.15) is 0 Å². The van der Waals surface area contributed by atoms with Gasteiger partial charge in [0.05, 0.1) is 4.90 Å². The number of nitrogens with zero attached hydrogens (tertiary/aromatic N) is 1. The van der Waals surface area contributed by atoms with Gasteiger partial charge in [0, 0.05) is 44.8 Å². The van der Waals surface area contributed by atoms with Gasteiger partial charge in [0.2, 0.25) is 10.0 Å². The average molecular weight is 318 g/mol. The molecule has 1 N–H and O–H groups in total. The molecule has 0 amide bonds. The van der Waals surface area contributed by atoms with Crippen molar-refractivity contribution >= 4 is 21.4 Å². The Bertz CT molecular complexity index is 523. The van der Waals surface area contributed by atoms with Gasteiger partial charge in [0.15, 0.2) is 0 Å². The van der Waals surface area contributed by atoms with Crippen molar-refractivity contribution in [3.05, 3.63) is 16.3 Å². The third-order valence-corrected chi connectivity index (χ3v) is 6.33. The first kappa shape index (κ1) is 15.9. The van der Waals surface area contributed by atoms with E-state index in [-0.39, 0.29) is 0 Å². The maximum Gasteiger partial charge on any atom is 0.243 e. The van der Waals surface area contributed by atoms with Crippen LogP contribution < -0.4 is 5.32 Å². The lowest BCUT2D eigenvalue weighted by atomic mass is 10.4. The molecule has 1 saturated carbocycles. The first-order valence-corrected chi connectivity index (χ1v) is 9.12. The molecule has 1 aromatic heterocycles. The fraction of sp³-hybridized carbons (Fsp3) is 0.692. The molecule has 0 unspecified atom stereocenters. The van der Waals surface area contributed by atoms with Gasteiger partial charge in [-0.3, -0.25) is 0 Å². The van der Waals surface area contributed by atoms with Gasteiger partial charge >= 0.3 is 0 Å². The van der Waals surface area contributed by atoms with E-state index in [0.717, 1.165) is 4.88 Å². The van der Waals surface area contributed by atoms with Gasteiger partial charge in [-0.25, -0.2) is 12.7 Å². The summed E-state index contributed by atoms with van der Waals surface area (Å²) in [7, 11) is -0.140. The standard InChI is InChI=1S/C13H22N2O3S2/c1-15(7-3-8-18-2)20(16,17)13-6-9-19-12(13)10-14-11-4-5-11/h6,9,11,14H,3-5,7-8,10H2,1-2H3. The topological polar surface area (TPSA) is 58.6 Å². The van der Waals surface area contributed by atoms with Crippen molar-refractivity contribution in [3.8, 4) is 0 Å². The minimum absolute atomic E-state index is 0.440. The van der Waals surface area contributed by atoms with Crippen molar-refractivity contribution in [1.82, 2.24) is 9.62 Å². The highest BCUT2D eigenvalue weighted by Crippen LogP contribution is 2.26. The van der Waals surface area contributed by atoms with Crippen LogP contribution in [0.1, 0.15) is 24.1 Å². The van der Waals surface area contributed by atoms with Crippen molar-refractivity contribution in [2.45, 2.75) is 36.7 Å². The quantitative estimate of drug-likeness (QED) is 0.704. The molecule has 0 aliphatic heterocycles. The van der Waals surface area contributed by atoms with Crippen LogP contribution in [0.4, 0.5) is 0 Å². The third-order valence-electron chi connectivity index (χ3n) is 3.34. The van der Waals surface area contributed by atoms with E-state index in [1.54, 1.807) is 20.2 Å². The first-order chi connectivity index (χ1) is 9.55. The normalized spacial score (nSPS) is 15.9. The smallest absolute Gasteiger partial charge is 0.243 e. The minimum Gasteiger partial charge on any atom is -0.385 e. The molecule has 1 aromatic rings. The molecule has 1 fully saturated rings. The molecule has 0 radical (unpaired) electrons. The van der Waals surface area contributed by atoms with Crippen LogP contribution >= 0.6 is 11.3 Å². The Hall–Kier alpha value is -0.470. The monoisotopic (exact) mass is 318 g/mol. The molecule has 1 aliphatic rings. The molecule has 0 aromatic carbocycles. The van der Waals surface area contributed by atoms with E-state index < -0.39 is 10.0 Å². The number of hydrogen-bond donors (Lipinski definition) is 1. The first-order valence-electron chi connectivity index (χ1n) is 6.80. The van der Waals surface area contributed by atoms with Crippen LogP contribution in [0.2, 0.25) is 0 Å². The van der Waals surface area contributed by atoms with E-state index in [9.17, 15) is 8.42 Å². The Morgan fingerprint density at radius 1 is 1.50 bits per heavy atom. The van der Waals surface area contributed by atoms with Gasteiger partial charge in [-0.2, -0.15) is 0 Å². The van der Waals surface area contributed by atoms with Gasteiger partial charge in [-0.05, 0) is 30.7 Å². The van der Waals surface area contributed by atoms with Crippen LogP contribution in [0.15, 0.2) is 16.3 Å². The molecule has 1 heterocycles. The lowest BCUT2D eigenvalue weighted by Crippen LogP contribution is -2.29. The second kappa shape index (κ2) is 7.00. The number of ether oxygens (including phenoxy) is 1. The van der Waals surface area contributed by atoms with E-state index >= 15 is 0 Å². The summed E-state index contributed by atoms with van der Waals surface area (Å²) in [6.07, 6.45) is 3.10. The number of rotatable bonds is 9. The number of sulfonamides is 1. The maximum absolute atomic E-state index is 12.5. The molecule has 0 bridgehead atoms. The molecule has 1 aliphatic carbocycles. The van der Waals surface area contributed by atoms with Gasteiger partial charge in [-0.15, -0.1) is 11.3 Å². The predicted octanol–water partition coefficient (Wildman–Crippen LogP) is 1.66. The molecular formula is C13H22N2O3S2. The highest BCUT2D eigenvalue weighted by molar-refractivity contribution is 7.89. The van der Waals surface area contributed by atoms with Crippen molar-refractivity contribution in [2.75, 3.05) is 27.3 Å². The van der Waals surface area contributed by atoms with Crippen LogP contribution in [0.3, 0.4) is 0 Å². The summed E-state index contributed by atoms with van der Waals surface area (Å²) in [4.78, 5) is 1.34. The summed E-state index contributed by atoms with van der Waals surface area (Å²) in [5.41, 5.74) is 0. The molecular weight excluding hydrogens is 296 g/mol. The Labute approximate surface area is 125 Å². The predicted molar refractivity (Wildman–Crippen MR) is 80.5 cm³/mol. The summed E-state index contributed by atoms with van der Waals surface area (Å²) in [5.74, 6) is 0. The molecule has 114 valence electrons. The largest absolute Gasteiger partial charge is 0.385 e. The molecule has 20 heavy (non-hydrogen) atoms. The van der Waals surface area contributed by atoms with Crippen molar-refractivity contribution in [2.24, 2.45) is 0 Å². The molecule has 0 spiro atoms.